The molecule has 0 aliphatic carbocycles. The van der Waals surface area contributed by atoms with Gasteiger partial charge in [0.15, 0.2) is 0 Å². The molecule has 1 aromatic rings. The molecule has 0 spiro atoms. The molecular formula is C14H20FNO. The smallest absolute Gasteiger partial charge is 0.256 e. The zero-order valence-electron chi connectivity index (χ0n) is 11.2. The Balaban J connectivity index is 3.15. The highest BCUT2D eigenvalue weighted by Crippen LogP contribution is 2.28. The van der Waals surface area contributed by atoms with Gasteiger partial charge in [0.2, 0.25) is 0 Å². The summed E-state index contributed by atoms with van der Waals surface area (Å²) in [5.41, 5.74) is 0.985. The van der Waals surface area contributed by atoms with Gasteiger partial charge in [-0.15, -0.1) is 0 Å². The van der Waals surface area contributed by atoms with Crippen molar-refractivity contribution >= 4 is 5.91 Å². The molecule has 1 amide bonds. The van der Waals surface area contributed by atoms with Crippen LogP contribution in [0.2, 0.25) is 0 Å². The van der Waals surface area contributed by atoms with Crippen molar-refractivity contribution in [1.82, 2.24) is 4.90 Å². The first kappa shape index (κ1) is 13.7. The van der Waals surface area contributed by atoms with Gasteiger partial charge in [0.05, 0.1) is 5.56 Å². The second-order valence-corrected chi connectivity index (χ2v) is 5.13. The summed E-state index contributed by atoms with van der Waals surface area (Å²) >= 11 is 0. The largest absolute Gasteiger partial charge is 0.345 e. The molecule has 3 heteroatoms. The van der Waals surface area contributed by atoms with Crippen LogP contribution in [0.25, 0.3) is 0 Å². The lowest BCUT2D eigenvalue weighted by Crippen LogP contribution is -2.23. The van der Waals surface area contributed by atoms with Crippen LogP contribution in [0, 0.1) is 5.82 Å². The molecule has 0 atom stereocenters. The van der Waals surface area contributed by atoms with Gasteiger partial charge in [0.1, 0.15) is 5.82 Å². The molecule has 17 heavy (non-hydrogen) atoms. The van der Waals surface area contributed by atoms with Crippen molar-refractivity contribution in [3.05, 3.63) is 35.1 Å². The summed E-state index contributed by atoms with van der Waals surface area (Å²) in [4.78, 5) is 13.1. The maximum Gasteiger partial charge on any atom is 0.256 e. The summed E-state index contributed by atoms with van der Waals surface area (Å²) in [7, 11) is 3.23. The first-order valence-corrected chi connectivity index (χ1v) is 5.81. The van der Waals surface area contributed by atoms with Gasteiger partial charge in [-0.05, 0) is 29.5 Å². The van der Waals surface area contributed by atoms with E-state index in [1.807, 2.05) is 6.07 Å². The quantitative estimate of drug-likeness (QED) is 0.790. The normalized spacial score (nSPS) is 11.4. The number of hydrogen-bond donors (Lipinski definition) is 0. The second-order valence-electron chi connectivity index (χ2n) is 5.13. The van der Waals surface area contributed by atoms with E-state index in [9.17, 15) is 9.18 Å². The molecule has 1 aromatic carbocycles. The number of amides is 1. The highest BCUT2D eigenvalue weighted by Gasteiger charge is 2.21. The van der Waals surface area contributed by atoms with Gasteiger partial charge >= 0.3 is 0 Å². The molecule has 1 rings (SSSR count). The molecule has 0 unspecified atom stereocenters. The average Bonchev–Trinajstić information content (AvgIpc) is 2.27. The number of rotatable bonds is 3. The first-order chi connectivity index (χ1) is 7.79. The maximum atomic E-state index is 13.9. The van der Waals surface area contributed by atoms with Crippen LogP contribution in [-0.4, -0.2) is 24.9 Å². The fourth-order valence-electron chi connectivity index (χ4n) is 1.55. The Morgan fingerprint density at radius 1 is 1.35 bits per heavy atom. The molecule has 2 nitrogen and oxygen atoms in total. The highest BCUT2D eigenvalue weighted by atomic mass is 19.1. The molecule has 0 aliphatic rings. The summed E-state index contributed by atoms with van der Waals surface area (Å²) < 4.78 is 13.9. The summed E-state index contributed by atoms with van der Waals surface area (Å²) in [6.07, 6.45) is 0.924. The van der Waals surface area contributed by atoms with Crippen molar-refractivity contribution < 1.29 is 9.18 Å². The summed E-state index contributed by atoms with van der Waals surface area (Å²) in [5.74, 6) is -0.744. The lowest BCUT2D eigenvalue weighted by Gasteiger charge is -2.24. The van der Waals surface area contributed by atoms with Crippen molar-refractivity contribution in [2.24, 2.45) is 0 Å². The number of carbonyl (C=O) groups is 1. The van der Waals surface area contributed by atoms with E-state index in [-0.39, 0.29) is 16.9 Å². The van der Waals surface area contributed by atoms with Crippen molar-refractivity contribution in [2.75, 3.05) is 14.1 Å². The van der Waals surface area contributed by atoms with Crippen molar-refractivity contribution in [3.8, 4) is 0 Å². The van der Waals surface area contributed by atoms with E-state index in [2.05, 4.69) is 20.8 Å². The SMILES string of the molecule is CCC(C)(C)c1ccc(C(=O)N(C)C)c(F)c1. The molecule has 0 saturated heterocycles. The van der Waals surface area contributed by atoms with E-state index in [1.165, 1.54) is 11.0 Å². The summed E-state index contributed by atoms with van der Waals surface area (Å²) in [6.45, 7) is 6.20. The number of hydrogen-bond acceptors (Lipinski definition) is 1. The molecule has 94 valence electrons. The molecular weight excluding hydrogens is 217 g/mol. The predicted molar refractivity (Wildman–Crippen MR) is 67.7 cm³/mol. The van der Waals surface area contributed by atoms with E-state index in [4.69, 9.17) is 0 Å². The monoisotopic (exact) mass is 237 g/mol. The predicted octanol–water partition coefficient (Wildman–Crippen LogP) is 3.22. The number of carbonyl (C=O) groups excluding carboxylic acids is 1. The van der Waals surface area contributed by atoms with Gasteiger partial charge < -0.3 is 4.90 Å². The van der Waals surface area contributed by atoms with Crippen molar-refractivity contribution in [1.29, 1.82) is 0 Å². The second kappa shape index (κ2) is 4.86. The Hall–Kier alpha value is -1.38. The topological polar surface area (TPSA) is 20.3 Å². The Bertz CT molecular complexity index is 424. The van der Waals surface area contributed by atoms with Gasteiger partial charge in [-0.1, -0.05) is 26.8 Å². The number of nitrogens with zero attached hydrogens (tertiary/aromatic N) is 1. The van der Waals surface area contributed by atoms with Crippen molar-refractivity contribution in [2.45, 2.75) is 32.6 Å². The lowest BCUT2D eigenvalue weighted by molar-refractivity contribution is 0.0823. The zero-order chi connectivity index (χ0) is 13.2. The van der Waals surface area contributed by atoms with Crippen LogP contribution in [0.4, 0.5) is 4.39 Å². The molecule has 0 saturated carbocycles. The van der Waals surface area contributed by atoms with Gasteiger partial charge in [0.25, 0.3) is 5.91 Å². The number of halogens is 1. The van der Waals surface area contributed by atoms with Crippen molar-refractivity contribution in [3.63, 3.8) is 0 Å². The fraction of sp³-hybridized carbons (Fsp3) is 0.500. The average molecular weight is 237 g/mol. The van der Waals surface area contributed by atoms with Gasteiger partial charge in [-0.2, -0.15) is 0 Å². The third kappa shape index (κ3) is 2.84. The minimum atomic E-state index is -0.442. The minimum Gasteiger partial charge on any atom is -0.345 e. The summed E-state index contributed by atoms with van der Waals surface area (Å²) in [6, 6.07) is 4.88. The fourth-order valence-corrected chi connectivity index (χ4v) is 1.55. The van der Waals surface area contributed by atoms with Gasteiger partial charge in [-0.25, -0.2) is 4.39 Å². The van der Waals surface area contributed by atoms with Gasteiger partial charge in [-0.3, -0.25) is 4.79 Å². The standard InChI is InChI=1S/C14H20FNO/c1-6-14(2,3)10-7-8-11(12(15)9-10)13(17)16(4)5/h7-9H,6H2,1-5H3. The third-order valence-electron chi connectivity index (χ3n) is 3.27. The molecule has 0 aromatic heterocycles. The molecule has 0 bridgehead atoms. The van der Waals surface area contributed by atoms with E-state index in [0.29, 0.717) is 0 Å². The van der Waals surface area contributed by atoms with Crippen LogP contribution in [-0.2, 0) is 5.41 Å². The van der Waals surface area contributed by atoms with E-state index < -0.39 is 5.82 Å². The lowest BCUT2D eigenvalue weighted by atomic mass is 9.82. The molecule has 0 aliphatic heterocycles. The Kier molecular flexibility index (Phi) is 3.91. The van der Waals surface area contributed by atoms with Crippen LogP contribution in [0.5, 0.6) is 0 Å². The third-order valence-corrected chi connectivity index (χ3v) is 3.27. The molecule has 0 heterocycles. The van der Waals surface area contributed by atoms with E-state index >= 15 is 0 Å². The first-order valence-electron chi connectivity index (χ1n) is 5.81. The maximum absolute atomic E-state index is 13.9. The zero-order valence-corrected chi connectivity index (χ0v) is 11.2. The van der Waals surface area contributed by atoms with Crippen LogP contribution in [0.15, 0.2) is 18.2 Å². The van der Waals surface area contributed by atoms with Crippen LogP contribution < -0.4 is 0 Å². The Morgan fingerprint density at radius 2 is 1.94 bits per heavy atom. The molecule has 0 N–H and O–H groups in total. The number of benzene rings is 1. The van der Waals surface area contributed by atoms with Crippen LogP contribution in [0.3, 0.4) is 0 Å². The molecule has 0 radical (unpaired) electrons. The van der Waals surface area contributed by atoms with E-state index in [1.54, 1.807) is 20.2 Å². The Labute approximate surface area is 102 Å². The summed E-state index contributed by atoms with van der Waals surface area (Å²) in [5, 5.41) is 0. The molecule has 0 fully saturated rings. The minimum absolute atomic E-state index is 0.0689. The van der Waals surface area contributed by atoms with Crippen LogP contribution >= 0.6 is 0 Å². The highest BCUT2D eigenvalue weighted by molar-refractivity contribution is 5.94. The Morgan fingerprint density at radius 3 is 2.35 bits per heavy atom. The van der Waals surface area contributed by atoms with Crippen LogP contribution in [0.1, 0.15) is 43.1 Å². The van der Waals surface area contributed by atoms with E-state index in [0.717, 1.165) is 12.0 Å². The van der Waals surface area contributed by atoms with Gasteiger partial charge in [0, 0.05) is 14.1 Å².